The van der Waals surface area contributed by atoms with Crippen molar-refractivity contribution < 1.29 is 9.90 Å². The summed E-state index contributed by atoms with van der Waals surface area (Å²) in [7, 11) is 0. The van der Waals surface area contributed by atoms with Gasteiger partial charge in [0.15, 0.2) is 0 Å². The van der Waals surface area contributed by atoms with Gasteiger partial charge in [0.2, 0.25) is 0 Å². The van der Waals surface area contributed by atoms with Gasteiger partial charge in [-0.25, -0.2) is 4.79 Å². The number of rotatable bonds is 3. The predicted octanol–water partition coefficient (Wildman–Crippen LogP) is 5.95. The lowest BCUT2D eigenvalue weighted by Gasteiger charge is -2.14. The number of aryl methyl sites for hydroxylation is 1. The molecule has 0 amide bonds. The highest BCUT2D eigenvalue weighted by atomic mass is 35.5. The van der Waals surface area contributed by atoms with Crippen LogP contribution in [0.15, 0.2) is 36.5 Å². The number of benzene rings is 2. The molecular formula is C17H11Cl3N2O2. The molecule has 3 aromatic rings. The molecule has 0 aliphatic heterocycles. The molecule has 4 nitrogen and oxygen atoms in total. The number of hydrogen-bond donors (Lipinski definition) is 2. The smallest absolute Gasteiger partial charge is 0.339 e. The monoisotopic (exact) mass is 380 g/mol. The fourth-order valence-corrected chi connectivity index (χ4v) is 3.13. The summed E-state index contributed by atoms with van der Waals surface area (Å²) in [6.45, 7) is 1.83. The van der Waals surface area contributed by atoms with Crippen molar-refractivity contribution in [2.75, 3.05) is 5.32 Å². The molecule has 7 heteroatoms. The molecule has 0 atom stereocenters. The lowest BCUT2D eigenvalue weighted by molar-refractivity contribution is 0.0697. The van der Waals surface area contributed by atoms with E-state index in [1.807, 2.05) is 6.92 Å². The quantitative estimate of drug-likeness (QED) is 0.589. The van der Waals surface area contributed by atoms with Crippen LogP contribution in [0.2, 0.25) is 15.1 Å². The van der Waals surface area contributed by atoms with Crippen LogP contribution < -0.4 is 5.32 Å². The molecule has 1 aromatic heterocycles. The fourth-order valence-electron chi connectivity index (χ4n) is 2.45. The number of hydrogen-bond acceptors (Lipinski definition) is 3. The number of anilines is 2. The first-order chi connectivity index (χ1) is 11.4. The van der Waals surface area contributed by atoms with E-state index in [9.17, 15) is 9.90 Å². The zero-order valence-corrected chi connectivity index (χ0v) is 14.7. The first-order valence-corrected chi connectivity index (χ1v) is 8.04. The minimum atomic E-state index is -1.09. The molecule has 0 radical (unpaired) electrons. The Balaban J connectivity index is 2.25. The van der Waals surface area contributed by atoms with Crippen molar-refractivity contribution in [1.82, 2.24) is 4.98 Å². The van der Waals surface area contributed by atoms with Crippen LogP contribution in [0.25, 0.3) is 10.9 Å². The molecule has 3 rings (SSSR count). The number of aromatic nitrogens is 1. The lowest BCUT2D eigenvalue weighted by atomic mass is 10.1. The Morgan fingerprint density at radius 1 is 1.12 bits per heavy atom. The molecule has 0 saturated heterocycles. The molecule has 0 unspecified atom stereocenters. The van der Waals surface area contributed by atoms with E-state index >= 15 is 0 Å². The second-order valence-electron chi connectivity index (χ2n) is 5.20. The third kappa shape index (κ3) is 3.13. The van der Waals surface area contributed by atoms with Gasteiger partial charge in [-0.2, -0.15) is 0 Å². The Bertz CT molecular complexity index is 953. The van der Waals surface area contributed by atoms with Gasteiger partial charge in [-0.15, -0.1) is 0 Å². The molecule has 0 aliphatic carbocycles. The Kier molecular flexibility index (Phi) is 4.54. The maximum absolute atomic E-state index is 11.6. The summed E-state index contributed by atoms with van der Waals surface area (Å²) in [6.07, 6.45) is 1.31. The van der Waals surface area contributed by atoms with Crippen molar-refractivity contribution in [3.05, 3.63) is 62.7 Å². The summed E-state index contributed by atoms with van der Waals surface area (Å²) >= 11 is 18.2. The minimum absolute atomic E-state index is 0.0420. The Labute approximate surface area is 153 Å². The van der Waals surface area contributed by atoms with Gasteiger partial charge in [0.1, 0.15) is 5.56 Å². The summed E-state index contributed by atoms with van der Waals surface area (Å²) in [5.74, 6) is -1.09. The van der Waals surface area contributed by atoms with Crippen LogP contribution in [-0.2, 0) is 0 Å². The summed E-state index contributed by atoms with van der Waals surface area (Å²) in [5, 5.41) is 14.7. The van der Waals surface area contributed by atoms with Crippen LogP contribution in [0.5, 0.6) is 0 Å². The van der Waals surface area contributed by atoms with E-state index in [1.165, 1.54) is 6.20 Å². The van der Waals surface area contributed by atoms with E-state index in [1.54, 1.807) is 30.3 Å². The number of halogens is 3. The number of aromatic carboxylic acids is 1. The normalized spacial score (nSPS) is 10.8. The van der Waals surface area contributed by atoms with Gasteiger partial charge in [-0.05, 0) is 42.8 Å². The summed E-state index contributed by atoms with van der Waals surface area (Å²) in [6, 6.07) is 8.37. The second kappa shape index (κ2) is 6.48. The van der Waals surface area contributed by atoms with E-state index in [0.29, 0.717) is 37.3 Å². The average molecular weight is 382 g/mol. The molecule has 2 aromatic carbocycles. The molecule has 2 N–H and O–H groups in total. The standard InChI is InChI=1S/C17H11Cl3N2O2/c1-8-14(20)3-2-12-15(8)21-7-13(17(23)24)16(12)22-11-5-9(18)4-10(19)6-11/h2-7H,1H3,(H,21,22)(H,23,24). The molecule has 0 aliphatic rings. The van der Waals surface area contributed by atoms with E-state index < -0.39 is 5.97 Å². The predicted molar refractivity (Wildman–Crippen MR) is 98.2 cm³/mol. The van der Waals surface area contributed by atoms with Crippen LogP contribution in [0.4, 0.5) is 11.4 Å². The van der Waals surface area contributed by atoms with Crippen molar-refractivity contribution in [3.63, 3.8) is 0 Å². The molecule has 24 heavy (non-hydrogen) atoms. The summed E-state index contributed by atoms with van der Waals surface area (Å²) < 4.78 is 0. The first-order valence-electron chi connectivity index (χ1n) is 6.91. The van der Waals surface area contributed by atoms with Crippen molar-refractivity contribution in [1.29, 1.82) is 0 Å². The van der Waals surface area contributed by atoms with E-state index in [2.05, 4.69) is 10.3 Å². The zero-order chi connectivity index (χ0) is 17.4. The number of nitrogens with zero attached hydrogens (tertiary/aromatic N) is 1. The van der Waals surface area contributed by atoms with Gasteiger partial charge >= 0.3 is 5.97 Å². The van der Waals surface area contributed by atoms with Gasteiger partial charge in [-0.1, -0.05) is 34.8 Å². The highest BCUT2D eigenvalue weighted by Gasteiger charge is 2.17. The highest BCUT2D eigenvalue weighted by Crippen LogP contribution is 2.34. The van der Waals surface area contributed by atoms with Crippen LogP contribution >= 0.6 is 34.8 Å². The summed E-state index contributed by atoms with van der Waals surface area (Å²) in [5.41, 5.74) is 2.43. The van der Waals surface area contributed by atoms with E-state index in [4.69, 9.17) is 34.8 Å². The van der Waals surface area contributed by atoms with Crippen LogP contribution in [0.3, 0.4) is 0 Å². The molecule has 0 spiro atoms. The van der Waals surface area contributed by atoms with Crippen molar-refractivity contribution in [2.45, 2.75) is 6.92 Å². The van der Waals surface area contributed by atoms with Crippen LogP contribution in [0.1, 0.15) is 15.9 Å². The molecule has 1 heterocycles. The second-order valence-corrected chi connectivity index (χ2v) is 6.48. The van der Waals surface area contributed by atoms with Gasteiger partial charge in [0.25, 0.3) is 0 Å². The van der Waals surface area contributed by atoms with Crippen LogP contribution in [0, 0.1) is 6.92 Å². The third-order valence-electron chi connectivity index (χ3n) is 3.59. The number of carbonyl (C=O) groups is 1. The van der Waals surface area contributed by atoms with Gasteiger partial charge in [0, 0.05) is 32.3 Å². The molecule has 0 fully saturated rings. The van der Waals surface area contributed by atoms with Crippen molar-refractivity contribution in [3.8, 4) is 0 Å². The van der Waals surface area contributed by atoms with Crippen molar-refractivity contribution in [2.24, 2.45) is 0 Å². The average Bonchev–Trinajstić information content (AvgIpc) is 2.50. The zero-order valence-electron chi connectivity index (χ0n) is 12.4. The SMILES string of the molecule is Cc1c(Cl)ccc2c(Nc3cc(Cl)cc(Cl)c3)c(C(=O)O)cnc12. The van der Waals surface area contributed by atoms with E-state index in [0.717, 1.165) is 5.56 Å². The third-order valence-corrected chi connectivity index (χ3v) is 4.43. The van der Waals surface area contributed by atoms with E-state index in [-0.39, 0.29) is 5.56 Å². The minimum Gasteiger partial charge on any atom is -0.478 e. The number of pyridine rings is 1. The lowest BCUT2D eigenvalue weighted by Crippen LogP contribution is -2.05. The highest BCUT2D eigenvalue weighted by molar-refractivity contribution is 6.35. The Morgan fingerprint density at radius 2 is 1.79 bits per heavy atom. The maximum atomic E-state index is 11.6. The topological polar surface area (TPSA) is 62.2 Å². The molecule has 122 valence electrons. The molecular weight excluding hydrogens is 371 g/mol. The first kappa shape index (κ1) is 16.8. The summed E-state index contributed by atoms with van der Waals surface area (Å²) in [4.78, 5) is 15.8. The Hall–Kier alpha value is -2.01. The Morgan fingerprint density at radius 3 is 2.42 bits per heavy atom. The van der Waals surface area contributed by atoms with Gasteiger partial charge in [-0.3, -0.25) is 4.98 Å². The molecule has 0 saturated carbocycles. The largest absolute Gasteiger partial charge is 0.478 e. The number of fused-ring (bicyclic) bond motifs is 1. The van der Waals surface area contributed by atoms with Crippen molar-refractivity contribution >= 4 is 63.0 Å². The number of nitrogens with one attached hydrogen (secondary N) is 1. The van der Waals surface area contributed by atoms with Gasteiger partial charge < -0.3 is 10.4 Å². The number of carboxylic acids is 1. The van der Waals surface area contributed by atoms with Gasteiger partial charge in [0.05, 0.1) is 11.2 Å². The molecule has 0 bridgehead atoms. The fraction of sp³-hybridized carbons (Fsp3) is 0.0588. The maximum Gasteiger partial charge on any atom is 0.339 e. The van der Waals surface area contributed by atoms with Crippen LogP contribution in [-0.4, -0.2) is 16.1 Å². The number of carboxylic acid groups (broad SMARTS) is 1.